The molecular formula is C25H34O9. The lowest BCUT2D eigenvalue weighted by Gasteiger charge is -2.51. The van der Waals surface area contributed by atoms with Gasteiger partial charge in [0, 0.05) is 28.7 Å². The number of hydrogen-bond donors (Lipinski definition) is 2. The van der Waals surface area contributed by atoms with E-state index >= 15 is 0 Å². The molecule has 2 aliphatic heterocycles. The average Bonchev–Trinajstić information content (AvgIpc) is 3.14. The molecule has 9 nitrogen and oxygen atoms in total. The van der Waals surface area contributed by atoms with E-state index in [1.165, 1.54) is 20.1 Å². The number of hydrogen-bond acceptors (Lipinski definition) is 9. The molecule has 0 amide bonds. The number of aliphatic hydroxyl groups is 2. The fourth-order valence-corrected chi connectivity index (χ4v) is 7.43. The van der Waals surface area contributed by atoms with E-state index in [0.717, 1.165) is 0 Å². The van der Waals surface area contributed by atoms with Crippen LogP contribution < -0.4 is 0 Å². The van der Waals surface area contributed by atoms with Gasteiger partial charge in [-0.1, -0.05) is 13.8 Å². The van der Waals surface area contributed by atoms with Crippen LogP contribution in [-0.2, 0) is 33.3 Å². The van der Waals surface area contributed by atoms with Crippen LogP contribution >= 0.6 is 0 Å². The molecule has 5 rings (SSSR count). The molecule has 0 aromatic heterocycles. The van der Waals surface area contributed by atoms with Crippen molar-refractivity contribution < 1.29 is 43.5 Å². The fraction of sp³-hybridized carbons (Fsp3) is 0.800. The van der Waals surface area contributed by atoms with Crippen LogP contribution in [-0.4, -0.2) is 58.3 Å². The summed E-state index contributed by atoms with van der Waals surface area (Å²) in [6.07, 6.45) is -0.501. The molecule has 0 radical (unpaired) electrons. The van der Waals surface area contributed by atoms with Crippen molar-refractivity contribution in [2.24, 2.45) is 34.5 Å². The van der Waals surface area contributed by atoms with Crippen LogP contribution in [0.2, 0.25) is 0 Å². The summed E-state index contributed by atoms with van der Waals surface area (Å²) in [5.74, 6) is -2.79. The Morgan fingerprint density at radius 3 is 2.65 bits per heavy atom. The molecule has 0 aromatic rings. The van der Waals surface area contributed by atoms with Gasteiger partial charge in [-0.25, -0.2) is 0 Å². The van der Waals surface area contributed by atoms with E-state index in [9.17, 15) is 24.6 Å². The summed E-state index contributed by atoms with van der Waals surface area (Å²) in [4.78, 5) is 38.5. The Morgan fingerprint density at radius 1 is 1.29 bits per heavy atom. The van der Waals surface area contributed by atoms with Gasteiger partial charge in [-0.15, -0.1) is 0 Å². The molecule has 3 aliphatic carbocycles. The minimum Gasteiger partial charge on any atom is -0.462 e. The Labute approximate surface area is 198 Å². The molecular weight excluding hydrogens is 444 g/mol. The molecule has 3 saturated carbocycles. The zero-order valence-corrected chi connectivity index (χ0v) is 20.3. The van der Waals surface area contributed by atoms with E-state index in [1.54, 1.807) is 13.8 Å². The summed E-state index contributed by atoms with van der Waals surface area (Å²) in [7, 11) is 0. The smallest absolute Gasteiger partial charge is 0.313 e. The van der Waals surface area contributed by atoms with E-state index < -0.39 is 58.9 Å². The van der Waals surface area contributed by atoms with Gasteiger partial charge < -0.3 is 29.2 Å². The molecule has 10 unspecified atom stereocenters. The van der Waals surface area contributed by atoms with Gasteiger partial charge in [-0.05, 0) is 40.0 Å². The van der Waals surface area contributed by atoms with Crippen LogP contribution in [0.25, 0.3) is 0 Å². The van der Waals surface area contributed by atoms with Crippen LogP contribution in [0, 0.1) is 34.5 Å². The maximum Gasteiger partial charge on any atom is 0.313 e. The first-order chi connectivity index (χ1) is 15.8. The van der Waals surface area contributed by atoms with Crippen LogP contribution in [0.1, 0.15) is 60.3 Å². The van der Waals surface area contributed by atoms with Crippen molar-refractivity contribution in [3.8, 4) is 0 Å². The lowest BCUT2D eigenvalue weighted by Crippen LogP contribution is -2.58. The molecule has 1 saturated heterocycles. The second kappa shape index (κ2) is 7.43. The number of aliphatic hydroxyl groups excluding tert-OH is 1. The Balaban J connectivity index is 1.53. The van der Waals surface area contributed by atoms with Gasteiger partial charge in [0.15, 0.2) is 6.10 Å². The van der Waals surface area contributed by atoms with Crippen molar-refractivity contribution in [3.05, 3.63) is 11.8 Å². The van der Waals surface area contributed by atoms with Gasteiger partial charge in [0.1, 0.15) is 6.10 Å². The highest BCUT2D eigenvalue weighted by Gasteiger charge is 2.82. The topological polar surface area (TPSA) is 129 Å². The Hall–Kier alpha value is -2.13. The summed E-state index contributed by atoms with van der Waals surface area (Å²) < 4.78 is 23.3. The summed E-state index contributed by atoms with van der Waals surface area (Å²) >= 11 is 0. The van der Waals surface area contributed by atoms with Crippen molar-refractivity contribution in [3.63, 3.8) is 0 Å². The Kier molecular flexibility index (Phi) is 5.16. The SMILES string of the molecule is CCC(C)C(=O)OC1C2OC(=O)C3(C)C1CC14C2=COC(OC(=O)CC(C)(C)O)C1CC(O)C34. The highest BCUT2D eigenvalue weighted by molar-refractivity contribution is 5.82. The summed E-state index contributed by atoms with van der Waals surface area (Å²) in [6, 6.07) is 0. The largest absolute Gasteiger partial charge is 0.462 e. The van der Waals surface area contributed by atoms with Gasteiger partial charge in [0.05, 0.1) is 35.7 Å². The normalized spacial score (nSPS) is 44.5. The molecule has 5 aliphatic rings. The molecule has 0 aromatic carbocycles. The number of esters is 3. The van der Waals surface area contributed by atoms with E-state index in [2.05, 4.69) is 0 Å². The van der Waals surface area contributed by atoms with Crippen molar-refractivity contribution in [2.75, 3.05) is 0 Å². The average molecular weight is 479 g/mol. The summed E-state index contributed by atoms with van der Waals surface area (Å²) in [6.45, 7) is 8.56. The second-order valence-electron chi connectivity index (χ2n) is 11.6. The molecule has 2 heterocycles. The van der Waals surface area contributed by atoms with Gasteiger partial charge in [0.2, 0.25) is 6.29 Å². The fourth-order valence-electron chi connectivity index (χ4n) is 7.43. The third kappa shape index (κ3) is 3.02. The van der Waals surface area contributed by atoms with Crippen LogP contribution in [0.15, 0.2) is 11.8 Å². The molecule has 2 N–H and O–H groups in total. The third-order valence-electron chi connectivity index (χ3n) is 9.03. The maximum absolute atomic E-state index is 13.3. The van der Waals surface area contributed by atoms with E-state index in [0.29, 0.717) is 24.8 Å². The maximum atomic E-state index is 13.3. The second-order valence-corrected chi connectivity index (χ2v) is 11.6. The van der Waals surface area contributed by atoms with Crippen LogP contribution in [0.3, 0.4) is 0 Å². The summed E-state index contributed by atoms with van der Waals surface area (Å²) in [5, 5.41) is 21.2. The van der Waals surface area contributed by atoms with Crippen LogP contribution in [0.4, 0.5) is 0 Å². The van der Waals surface area contributed by atoms with Crippen LogP contribution in [0.5, 0.6) is 0 Å². The van der Waals surface area contributed by atoms with Crippen molar-refractivity contribution >= 4 is 17.9 Å². The molecule has 9 heteroatoms. The predicted molar refractivity (Wildman–Crippen MR) is 115 cm³/mol. The lowest BCUT2D eigenvalue weighted by atomic mass is 9.61. The Morgan fingerprint density at radius 2 is 2.00 bits per heavy atom. The number of fused-ring (bicyclic) bond motifs is 3. The molecule has 1 spiro atoms. The van der Waals surface area contributed by atoms with Gasteiger partial charge in [-0.3, -0.25) is 14.4 Å². The molecule has 10 atom stereocenters. The third-order valence-corrected chi connectivity index (χ3v) is 9.03. The first-order valence-electron chi connectivity index (χ1n) is 12.2. The van der Waals surface area contributed by atoms with E-state index in [4.69, 9.17) is 18.9 Å². The van der Waals surface area contributed by atoms with Gasteiger partial charge in [-0.2, -0.15) is 0 Å². The monoisotopic (exact) mass is 478 g/mol. The number of ether oxygens (including phenoxy) is 4. The lowest BCUT2D eigenvalue weighted by molar-refractivity contribution is -0.213. The predicted octanol–water partition coefficient (Wildman–Crippen LogP) is 1.84. The minimum absolute atomic E-state index is 0.201. The highest BCUT2D eigenvalue weighted by Crippen LogP contribution is 2.77. The molecule has 3 bridgehead atoms. The quantitative estimate of drug-likeness (QED) is 0.434. The summed E-state index contributed by atoms with van der Waals surface area (Å²) in [5.41, 5.74) is -2.24. The first-order valence-corrected chi connectivity index (χ1v) is 12.2. The van der Waals surface area contributed by atoms with Crippen molar-refractivity contribution in [2.45, 2.75) is 90.5 Å². The van der Waals surface area contributed by atoms with Crippen molar-refractivity contribution in [1.29, 1.82) is 0 Å². The molecule has 34 heavy (non-hydrogen) atoms. The number of rotatable bonds is 6. The number of carbonyl (C=O) groups is 3. The zero-order chi connectivity index (χ0) is 24.8. The zero-order valence-electron chi connectivity index (χ0n) is 20.3. The first kappa shape index (κ1) is 23.6. The van der Waals surface area contributed by atoms with E-state index in [-0.39, 0.29) is 30.1 Å². The molecule has 188 valence electrons. The highest BCUT2D eigenvalue weighted by atomic mass is 16.7. The van der Waals surface area contributed by atoms with Crippen molar-refractivity contribution in [1.82, 2.24) is 0 Å². The Bertz CT molecular complexity index is 951. The molecule has 4 fully saturated rings. The number of carbonyl (C=O) groups excluding carboxylic acids is 3. The standard InChI is InChI=1S/C25H34O9/c1-6-11(2)20(28)33-17-13-8-25-12-7-15(26)19(25)24(13,5)22(29)34-18(17)14(25)10-31-21(12)32-16(27)9-23(3,4)30/h10-13,15,17-19,21,26,30H,6-9H2,1-5H3. The van der Waals surface area contributed by atoms with E-state index in [1.807, 2.05) is 6.92 Å². The van der Waals surface area contributed by atoms with Gasteiger partial charge >= 0.3 is 17.9 Å². The minimum atomic E-state index is -1.23. The van der Waals surface area contributed by atoms with Gasteiger partial charge in [0.25, 0.3) is 0 Å².